The van der Waals surface area contributed by atoms with E-state index in [-0.39, 0.29) is 31.1 Å². The monoisotopic (exact) mass is 345 g/mol. The standard InChI is InChI=1S/C19H20FNO4/c20-15-9-4-5-10-17(15)25-12-6-11-18(22)21-16(19(23)24)13-14-7-2-1-3-8-14/h1-5,7-10,16H,6,11-13H2,(H,21,22)(H,23,24)/t16-/m0/s1. The van der Waals surface area contributed by atoms with Gasteiger partial charge in [0, 0.05) is 12.8 Å². The van der Waals surface area contributed by atoms with Gasteiger partial charge in [-0.15, -0.1) is 0 Å². The molecule has 0 saturated carbocycles. The topological polar surface area (TPSA) is 75.6 Å². The molecule has 5 nitrogen and oxygen atoms in total. The Bertz CT molecular complexity index is 706. The lowest BCUT2D eigenvalue weighted by molar-refractivity contribution is -0.141. The number of carbonyl (C=O) groups excluding carboxylic acids is 1. The molecule has 0 aromatic heterocycles. The summed E-state index contributed by atoms with van der Waals surface area (Å²) in [7, 11) is 0. The Kier molecular flexibility index (Phi) is 6.95. The molecule has 2 N–H and O–H groups in total. The highest BCUT2D eigenvalue weighted by molar-refractivity contribution is 5.83. The van der Waals surface area contributed by atoms with E-state index in [2.05, 4.69) is 5.32 Å². The number of rotatable bonds is 9. The predicted molar refractivity (Wildman–Crippen MR) is 90.8 cm³/mol. The number of hydrogen-bond acceptors (Lipinski definition) is 3. The van der Waals surface area contributed by atoms with Gasteiger partial charge >= 0.3 is 5.97 Å². The zero-order chi connectivity index (χ0) is 18.1. The van der Waals surface area contributed by atoms with Gasteiger partial charge in [-0.3, -0.25) is 4.79 Å². The van der Waals surface area contributed by atoms with Gasteiger partial charge < -0.3 is 15.2 Å². The van der Waals surface area contributed by atoms with Crippen LogP contribution in [0.25, 0.3) is 0 Å². The molecule has 0 aliphatic rings. The Hall–Kier alpha value is -2.89. The molecule has 0 spiro atoms. The molecule has 0 saturated heterocycles. The van der Waals surface area contributed by atoms with E-state index in [1.54, 1.807) is 12.1 Å². The average molecular weight is 345 g/mol. The second-order valence-electron chi connectivity index (χ2n) is 5.53. The van der Waals surface area contributed by atoms with Crippen molar-refractivity contribution in [1.82, 2.24) is 5.32 Å². The van der Waals surface area contributed by atoms with Crippen LogP contribution in [0.3, 0.4) is 0 Å². The van der Waals surface area contributed by atoms with Crippen molar-refractivity contribution in [2.24, 2.45) is 0 Å². The summed E-state index contributed by atoms with van der Waals surface area (Å²) in [4.78, 5) is 23.2. The van der Waals surface area contributed by atoms with Gasteiger partial charge in [0.2, 0.25) is 5.91 Å². The molecule has 1 amide bonds. The lowest BCUT2D eigenvalue weighted by Gasteiger charge is -2.15. The molecule has 1 atom stereocenters. The maximum atomic E-state index is 13.4. The SMILES string of the molecule is O=C(CCCOc1ccccc1F)N[C@@H](Cc1ccccc1)C(=O)O. The summed E-state index contributed by atoms with van der Waals surface area (Å²) in [5.41, 5.74) is 0.832. The molecule has 2 aromatic carbocycles. The highest BCUT2D eigenvalue weighted by Gasteiger charge is 2.20. The molecule has 0 aliphatic heterocycles. The Morgan fingerprint density at radius 3 is 2.44 bits per heavy atom. The molecule has 0 aliphatic carbocycles. The van der Waals surface area contributed by atoms with E-state index in [1.165, 1.54) is 12.1 Å². The summed E-state index contributed by atoms with van der Waals surface area (Å²) in [6.07, 6.45) is 0.679. The van der Waals surface area contributed by atoms with Gasteiger partial charge in [-0.25, -0.2) is 9.18 Å². The first-order valence-electron chi connectivity index (χ1n) is 7.99. The Labute approximate surface area is 145 Å². The van der Waals surface area contributed by atoms with Gasteiger partial charge in [-0.2, -0.15) is 0 Å². The highest BCUT2D eigenvalue weighted by atomic mass is 19.1. The number of carboxylic acid groups (broad SMARTS) is 1. The Morgan fingerprint density at radius 1 is 1.08 bits per heavy atom. The number of halogens is 1. The number of hydrogen-bond donors (Lipinski definition) is 2. The van der Waals surface area contributed by atoms with E-state index >= 15 is 0 Å². The molecule has 2 aromatic rings. The zero-order valence-corrected chi connectivity index (χ0v) is 13.7. The fourth-order valence-electron chi connectivity index (χ4n) is 2.29. The lowest BCUT2D eigenvalue weighted by Crippen LogP contribution is -2.42. The molecule has 25 heavy (non-hydrogen) atoms. The smallest absolute Gasteiger partial charge is 0.326 e. The normalized spacial score (nSPS) is 11.6. The van der Waals surface area contributed by atoms with Crippen LogP contribution in [0.2, 0.25) is 0 Å². The van der Waals surface area contributed by atoms with E-state index in [1.807, 2.05) is 30.3 Å². The number of benzene rings is 2. The van der Waals surface area contributed by atoms with Crippen LogP contribution < -0.4 is 10.1 Å². The quantitative estimate of drug-likeness (QED) is 0.685. The summed E-state index contributed by atoms with van der Waals surface area (Å²) < 4.78 is 18.6. The first-order valence-corrected chi connectivity index (χ1v) is 7.99. The second kappa shape index (κ2) is 9.42. The van der Waals surface area contributed by atoms with Crippen LogP contribution in [0.4, 0.5) is 4.39 Å². The van der Waals surface area contributed by atoms with Gasteiger partial charge in [0.25, 0.3) is 0 Å². The minimum Gasteiger partial charge on any atom is -0.491 e. The molecule has 0 heterocycles. The number of amides is 1. The number of nitrogens with one attached hydrogen (secondary N) is 1. The molecule has 0 fully saturated rings. The van der Waals surface area contributed by atoms with Crippen molar-refractivity contribution in [2.75, 3.05) is 6.61 Å². The van der Waals surface area contributed by atoms with E-state index < -0.39 is 17.8 Å². The third-order valence-corrected chi connectivity index (χ3v) is 3.56. The highest BCUT2D eigenvalue weighted by Crippen LogP contribution is 2.15. The average Bonchev–Trinajstić information content (AvgIpc) is 2.60. The number of ether oxygens (including phenoxy) is 1. The van der Waals surface area contributed by atoms with E-state index in [4.69, 9.17) is 4.74 Å². The van der Waals surface area contributed by atoms with Crippen molar-refractivity contribution in [2.45, 2.75) is 25.3 Å². The van der Waals surface area contributed by atoms with Crippen LogP contribution in [0.1, 0.15) is 18.4 Å². The van der Waals surface area contributed by atoms with Gasteiger partial charge in [0.15, 0.2) is 11.6 Å². The number of carbonyl (C=O) groups is 2. The van der Waals surface area contributed by atoms with Crippen LogP contribution in [-0.2, 0) is 16.0 Å². The van der Waals surface area contributed by atoms with E-state index in [0.717, 1.165) is 5.56 Å². The van der Waals surface area contributed by atoms with Crippen molar-refractivity contribution >= 4 is 11.9 Å². The van der Waals surface area contributed by atoms with Crippen molar-refractivity contribution in [3.05, 3.63) is 66.0 Å². The molecule has 2 rings (SSSR count). The Morgan fingerprint density at radius 2 is 1.76 bits per heavy atom. The number of aliphatic carboxylic acids is 1. The first kappa shape index (κ1) is 18.4. The van der Waals surface area contributed by atoms with E-state index in [0.29, 0.717) is 6.42 Å². The van der Waals surface area contributed by atoms with Crippen molar-refractivity contribution in [3.63, 3.8) is 0 Å². The summed E-state index contributed by atoms with van der Waals surface area (Å²) in [5, 5.41) is 11.8. The second-order valence-corrected chi connectivity index (χ2v) is 5.53. The van der Waals surface area contributed by atoms with Crippen molar-refractivity contribution in [1.29, 1.82) is 0 Å². The van der Waals surface area contributed by atoms with Crippen molar-refractivity contribution in [3.8, 4) is 5.75 Å². The molecular weight excluding hydrogens is 325 g/mol. The van der Waals surface area contributed by atoms with E-state index in [9.17, 15) is 19.1 Å². The van der Waals surface area contributed by atoms with Gasteiger partial charge in [0.05, 0.1) is 6.61 Å². The van der Waals surface area contributed by atoms with Crippen LogP contribution in [0.15, 0.2) is 54.6 Å². The zero-order valence-electron chi connectivity index (χ0n) is 13.7. The molecule has 132 valence electrons. The first-order chi connectivity index (χ1) is 12.1. The molecule has 6 heteroatoms. The van der Waals surface area contributed by atoms with Gasteiger partial charge in [0.1, 0.15) is 6.04 Å². The van der Waals surface area contributed by atoms with Gasteiger partial charge in [-0.1, -0.05) is 42.5 Å². The van der Waals surface area contributed by atoms with Crippen molar-refractivity contribution < 1.29 is 23.8 Å². The summed E-state index contributed by atoms with van der Waals surface area (Å²) in [6, 6.07) is 14.1. The molecule has 0 radical (unpaired) electrons. The molecule has 0 bridgehead atoms. The van der Waals surface area contributed by atoms with Crippen LogP contribution >= 0.6 is 0 Å². The van der Waals surface area contributed by atoms with Crippen LogP contribution in [0.5, 0.6) is 5.75 Å². The van der Waals surface area contributed by atoms with Crippen LogP contribution in [0, 0.1) is 5.82 Å². The maximum absolute atomic E-state index is 13.4. The summed E-state index contributed by atoms with van der Waals surface area (Å²) >= 11 is 0. The van der Waals surface area contributed by atoms with Crippen LogP contribution in [-0.4, -0.2) is 29.6 Å². The number of carboxylic acids is 1. The number of para-hydroxylation sites is 1. The fraction of sp³-hybridized carbons (Fsp3) is 0.263. The minimum absolute atomic E-state index is 0.104. The summed E-state index contributed by atoms with van der Waals surface area (Å²) in [6.45, 7) is 0.171. The largest absolute Gasteiger partial charge is 0.491 e. The van der Waals surface area contributed by atoms with Gasteiger partial charge in [-0.05, 0) is 24.1 Å². The maximum Gasteiger partial charge on any atom is 0.326 e. The fourth-order valence-corrected chi connectivity index (χ4v) is 2.29. The third-order valence-electron chi connectivity index (χ3n) is 3.56. The Balaban J connectivity index is 1.75. The predicted octanol–water partition coefficient (Wildman–Crippen LogP) is 2.80. The molecule has 0 unspecified atom stereocenters. The summed E-state index contributed by atoms with van der Waals surface area (Å²) in [5.74, 6) is -1.78. The lowest BCUT2D eigenvalue weighted by atomic mass is 10.1. The minimum atomic E-state index is -1.08. The molecular formula is C19H20FNO4. The third kappa shape index (κ3) is 6.25.